The molecule has 0 bridgehead atoms. The van der Waals surface area contributed by atoms with Crippen LogP contribution in [0, 0.1) is 19.8 Å². The van der Waals surface area contributed by atoms with E-state index in [1.807, 2.05) is 13.8 Å². The minimum absolute atomic E-state index is 0.293. The second-order valence-electron chi connectivity index (χ2n) is 5.77. The Morgan fingerprint density at radius 3 is 2.56 bits per heavy atom. The van der Waals surface area contributed by atoms with Gasteiger partial charge in [0.25, 0.3) is 0 Å². The average molecular weight is 247 g/mol. The summed E-state index contributed by atoms with van der Waals surface area (Å²) < 4.78 is 0. The highest BCUT2D eigenvalue weighted by Gasteiger charge is 2.45. The number of aryl methyl sites for hydroxylation is 2. The first-order valence-corrected chi connectivity index (χ1v) is 6.41. The first-order valence-electron chi connectivity index (χ1n) is 6.41. The number of rotatable bonds is 2. The van der Waals surface area contributed by atoms with Gasteiger partial charge in [0.15, 0.2) is 0 Å². The van der Waals surface area contributed by atoms with Gasteiger partial charge in [0.2, 0.25) is 0 Å². The maximum absolute atomic E-state index is 11.3. The molecule has 0 aromatic heterocycles. The van der Waals surface area contributed by atoms with Crippen LogP contribution in [0.5, 0.6) is 0 Å². The van der Waals surface area contributed by atoms with E-state index < -0.39 is 5.97 Å². The summed E-state index contributed by atoms with van der Waals surface area (Å²) in [4.78, 5) is 13.5. The smallest absolute Gasteiger partial charge is 0.308 e. The van der Waals surface area contributed by atoms with Crippen molar-refractivity contribution in [1.29, 1.82) is 0 Å². The lowest BCUT2D eigenvalue weighted by Crippen LogP contribution is -2.45. The maximum atomic E-state index is 11.3. The van der Waals surface area contributed by atoms with E-state index >= 15 is 0 Å². The third-order valence-corrected chi connectivity index (χ3v) is 4.13. The molecule has 1 N–H and O–H groups in total. The first kappa shape index (κ1) is 12.9. The van der Waals surface area contributed by atoms with Crippen LogP contribution in [0.4, 0.5) is 5.69 Å². The molecule has 2 rings (SSSR count). The Morgan fingerprint density at radius 1 is 1.39 bits per heavy atom. The van der Waals surface area contributed by atoms with Crippen molar-refractivity contribution in [2.24, 2.45) is 5.92 Å². The predicted octanol–water partition coefficient (Wildman–Crippen LogP) is 2.99. The van der Waals surface area contributed by atoms with Gasteiger partial charge in [0.1, 0.15) is 0 Å². The van der Waals surface area contributed by atoms with Crippen LogP contribution in [0.15, 0.2) is 18.2 Å². The molecule has 1 fully saturated rings. The van der Waals surface area contributed by atoms with Crippen LogP contribution in [0.2, 0.25) is 0 Å². The van der Waals surface area contributed by atoms with Gasteiger partial charge in [0.05, 0.1) is 5.92 Å². The number of carboxylic acids is 1. The molecule has 18 heavy (non-hydrogen) atoms. The normalized spacial score (nSPS) is 22.2. The molecule has 1 aliphatic heterocycles. The van der Waals surface area contributed by atoms with E-state index in [1.54, 1.807) is 0 Å². The Bertz CT molecular complexity index is 479. The highest BCUT2D eigenvalue weighted by molar-refractivity contribution is 5.74. The summed E-state index contributed by atoms with van der Waals surface area (Å²) in [6.45, 7) is 9.03. The third-order valence-electron chi connectivity index (χ3n) is 4.13. The number of carboxylic acid groups (broad SMARTS) is 1. The van der Waals surface area contributed by atoms with Crippen molar-refractivity contribution < 1.29 is 9.90 Å². The van der Waals surface area contributed by atoms with Crippen LogP contribution in [-0.4, -0.2) is 23.2 Å². The summed E-state index contributed by atoms with van der Waals surface area (Å²) in [6.07, 6.45) is 0.718. The summed E-state index contributed by atoms with van der Waals surface area (Å²) in [7, 11) is 0. The van der Waals surface area contributed by atoms with Gasteiger partial charge in [-0.25, -0.2) is 0 Å². The van der Waals surface area contributed by atoms with Gasteiger partial charge in [-0.1, -0.05) is 17.7 Å². The van der Waals surface area contributed by atoms with Gasteiger partial charge in [-0.15, -0.1) is 0 Å². The van der Waals surface area contributed by atoms with Crippen LogP contribution in [0.3, 0.4) is 0 Å². The minimum atomic E-state index is -0.688. The SMILES string of the molecule is Cc1ccc(N2CCC(C(=O)O)C2(C)C)c(C)c1. The Labute approximate surface area is 108 Å². The minimum Gasteiger partial charge on any atom is -0.481 e. The third kappa shape index (κ3) is 1.98. The molecule has 1 aliphatic rings. The zero-order valence-corrected chi connectivity index (χ0v) is 11.5. The molecular weight excluding hydrogens is 226 g/mol. The van der Waals surface area contributed by atoms with Gasteiger partial charge in [-0.05, 0) is 45.7 Å². The molecule has 1 heterocycles. The fraction of sp³-hybridized carbons (Fsp3) is 0.533. The van der Waals surface area contributed by atoms with Crippen molar-refractivity contribution in [1.82, 2.24) is 0 Å². The van der Waals surface area contributed by atoms with Crippen LogP contribution in [0.1, 0.15) is 31.4 Å². The molecule has 0 saturated carbocycles. The molecule has 1 aromatic rings. The molecule has 3 nitrogen and oxygen atoms in total. The van der Waals surface area contributed by atoms with E-state index in [2.05, 4.69) is 36.9 Å². The molecule has 1 unspecified atom stereocenters. The Morgan fingerprint density at radius 2 is 2.06 bits per heavy atom. The molecule has 1 aromatic carbocycles. The highest BCUT2D eigenvalue weighted by atomic mass is 16.4. The molecule has 1 saturated heterocycles. The molecule has 0 spiro atoms. The van der Waals surface area contributed by atoms with E-state index in [0.717, 1.165) is 18.7 Å². The van der Waals surface area contributed by atoms with E-state index in [1.165, 1.54) is 11.1 Å². The Hall–Kier alpha value is -1.51. The van der Waals surface area contributed by atoms with Crippen molar-refractivity contribution in [3.8, 4) is 0 Å². The number of anilines is 1. The van der Waals surface area contributed by atoms with Gasteiger partial charge < -0.3 is 10.0 Å². The van der Waals surface area contributed by atoms with E-state index in [0.29, 0.717) is 0 Å². The lowest BCUT2D eigenvalue weighted by Gasteiger charge is -2.37. The Balaban J connectivity index is 2.38. The number of carbonyl (C=O) groups is 1. The monoisotopic (exact) mass is 247 g/mol. The van der Waals surface area contributed by atoms with Crippen LogP contribution < -0.4 is 4.90 Å². The number of hydrogen-bond donors (Lipinski definition) is 1. The van der Waals surface area contributed by atoms with Crippen LogP contribution >= 0.6 is 0 Å². The highest BCUT2D eigenvalue weighted by Crippen LogP contribution is 2.39. The molecule has 3 heteroatoms. The van der Waals surface area contributed by atoms with E-state index in [4.69, 9.17) is 0 Å². The second-order valence-corrected chi connectivity index (χ2v) is 5.77. The number of benzene rings is 1. The molecule has 0 radical (unpaired) electrons. The lowest BCUT2D eigenvalue weighted by molar-refractivity contribution is -0.142. The topological polar surface area (TPSA) is 40.5 Å². The van der Waals surface area contributed by atoms with Gasteiger partial charge in [-0.2, -0.15) is 0 Å². The zero-order chi connectivity index (χ0) is 13.5. The summed E-state index contributed by atoms with van der Waals surface area (Å²) in [6, 6.07) is 6.35. The zero-order valence-electron chi connectivity index (χ0n) is 11.5. The van der Waals surface area contributed by atoms with Crippen LogP contribution in [0.25, 0.3) is 0 Å². The molecular formula is C15H21NO2. The average Bonchev–Trinajstić information content (AvgIpc) is 2.54. The van der Waals surface area contributed by atoms with Crippen molar-refractivity contribution in [2.45, 2.75) is 39.7 Å². The molecule has 0 aliphatic carbocycles. The standard InChI is InChI=1S/C15H21NO2/c1-10-5-6-13(11(2)9-10)16-8-7-12(14(17)18)15(16,3)4/h5-6,9,12H,7-8H2,1-4H3,(H,17,18). The second kappa shape index (κ2) is 4.30. The Kier molecular flexibility index (Phi) is 3.09. The number of aliphatic carboxylic acids is 1. The van der Waals surface area contributed by atoms with Gasteiger partial charge >= 0.3 is 5.97 Å². The van der Waals surface area contributed by atoms with Crippen molar-refractivity contribution in [2.75, 3.05) is 11.4 Å². The predicted molar refractivity (Wildman–Crippen MR) is 73.1 cm³/mol. The number of nitrogens with zero attached hydrogens (tertiary/aromatic N) is 1. The lowest BCUT2D eigenvalue weighted by atomic mass is 9.88. The largest absolute Gasteiger partial charge is 0.481 e. The summed E-state index contributed by atoms with van der Waals surface area (Å²) in [5.41, 5.74) is 3.29. The maximum Gasteiger partial charge on any atom is 0.308 e. The van der Waals surface area contributed by atoms with Gasteiger partial charge in [-0.3, -0.25) is 4.79 Å². The molecule has 0 amide bonds. The van der Waals surface area contributed by atoms with Crippen molar-refractivity contribution in [3.63, 3.8) is 0 Å². The first-order chi connectivity index (χ1) is 8.34. The fourth-order valence-corrected chi connectivity index (χ4v) is 3.05. The van der Waals surface area contributed by atoms with Gasteiger partial charge in [0, 0.05) is 17.8 Å². The van der Waals surface area contributed by atoms with Crippen molar-refractivity contribution in [3.05, 3.63) is 29.3 Å². The molecule has 98 valence electrons. The summed E-state index contributed by atoms with van der Waals surface area (Å²) in [5.74, 6) is -0.981. The van der Waals surface area contributed by atoms with E-state index in [-0.39, 0.29) is 11.5 Å². The number of hydrogen-bond acceptors (Lipinski definition) is 2. The van der Waals surface area contributed by atoms with Crippen molar-refractivity contribution >= 4 is 11.7 Å². The van der Waals surface area contributed by atoms with E-state index in [9.17, 15) is 9.90 Å². The van der Waals surface area contributed by atoms with Crippen LogP contribution in [-0.2, 0) is 4.79 Å². The summed E-state index contributed by atoms with van der Waals surface area (Å²) >= 11 is 0. The quantitative estimate of drug-likeness (QED) is 0.873. The summed E-state index contributed by atoms with van der Waals surface area (Å²) in [5, 5.41) is 9.30. The molecule has 1 atom stereocenters. The fourth-order valence-electron chi connectivity index (χ4n) is 3.05.